The molecule has 1 unspecified atom stereocenters. The van der Waals surface area contributed by atoms with Crippen LogP contribution in [0.15, 0.2) is 30.3 Å². The second-order valence-corrected chi connectivity index (χ2v) is 13.8. The summed E-state index contributed by atoms with van der Waals surface area (Å²) in [7, 11) is -0.583. The first-order valence-electron chi connectivity index (χ1n) is 15.1. The Morgan fingerprint density at radius 1 is 1.07 bits per heavy atom. The average molecular weight is 570 g/mol. The Morgan fingerprint density at radius 3 is 2.41 bits per heavy atom. The Balaban J connectivity index is 1.39. The predicted octanol–water partition coefficient (Wildman–Crippen LogP) is 4.18. The fourth-order valence-corrected chi connectivity index (χ4v) is 6.93. The van der Waals surface area contributed by atoms with Gasteiger partial charge in [-0.2, -0.15) is 0 Å². The molecule has 1 aromatic rings. The maximum atomic E-state index is 13.6. The molecule has 1 aliphatic heterocycles. The maximum absolute atomic E-state index is 13.6. The van der Waals surface area contributed by atoms with E-state index in [1.807, 2.05) is 51.1 Å². The van der Waals surface area contributed by atoms with Gasteiger partial charge >= 0.3 is 13.2 Å². The first kappa shape index (κ1) is 31.4. The van der Waals surface area contributed by atoms with E-state index in [1.54, 1.807) is 0 Å². The highest BCUT2D eigenvalue weighted by atomic mass is 16.7. The molecule has 41 heavy (non-hydrogen) atoms. The molecule has 3 N–H and O–H groups in total. The van der Waals surface area contributed by atoms with Crippen LogP contribution in [0.2, 0.25) is 0 Å². The molecule has 9 nitrogen and oxygen atoms in total. The van der Waals surface area contributed by atoms with Crippen molar-refractivity contribution < 1.29 is 28.4 Å². The number of ether oxygens (including phenoxy) is 1. The highest BCUT2D eigenvalue weighted by Gasteiger charge is 2.68. The molecule has 0 aromatic heterocycles. The molecular formula is C31H48BN3O6. The Kier molecular flexibility index (Phi) is 9.43. The van der Waals surface area contributed by atoms with E-state index in [-0.39, 0.29) is 28.9 Å². The van der Waals surface area contributed by atoms with Crippen LogP contribution in [0.5, 0.6) is 0 Å². The van der Waals surface area contributed by atoms with Crippen molar-refractivity contribution in [3.63, 3.8) is 0 Å². The van der Waals surface area contributed by atoms with Gasteiger partial charge in [-0.3, -0.25) is 9.59 Å². The molecule has 10 heteroatoms. The zero-order valence-electron chi connectivity index (χ0n) is 25.8. The second-order valence-electron chi connectivity index (χ2n) is 13.8. The number of carbonyl (C=O) groups is 3. The predicted molar refractivity (Wildman–Crippen MR) is 158 cm³/mol. The van der Waals surface area contributed by atoms with Gasteiger partial charge in [0.15, 0.2) is 0 Å². The van der Waals surface area contributed by atoms with Crippen molar-refractivity contribution in [1.82, 2.24) is 16.0 Å². The Hall–Kier alpha value is -2.59. The van der Waals surface area contributed by atoms with Crippen molar-refractivity contribution in [1.29, 1.82) is 0 Å². The maximum Gasteiger partial charge on any atom is 0.482 e. The number of amides is 3. The van der Waals surface area contributed by atoms with Gasteiger partial charge in [0.25, 0.3) is 0 Å². The first-order valence-corrected chi connectivity index (χ1v) is 15.1. The molecule has 0 spiro atoms. The lowest BCUT2D eigenvalue weighted by Gasteiger charge is -2.64. The monoisotopic (exact) mass is 569 g/mol. The average Bonchev–Trinajstić information content (AvgIpc) is 3.24. The topological polar surface area (TPSA) is 115 Å². The normalized spacial score (nSPS) is 27.6. The third kappa shape index (κ3) is 7.44. The molecule has 4 fully saturated rings. The van der Waals surface area contributed by atoms with E-state index in [9.17, 15) is 14.4 Å². The van der Waals surface area contributed by atoms with Gasteiger partial charge in [0, 0.05) is 13.5 Å². The molecule has 226 valence electrons. The van der Waals surface area contributed by atoms with Crippen molar-refractivity contribution >= 4 is 25.0 Å². The molecular weight excluding hydrogens is 521 g/mol. The van der Waals surface area contributed by atoms with Crippen LogP contribution in [0.25, 0.3) is 0 Å². The summed E-state index contributed by atoms with van der Waals surface area (Å²) >= 11 is 0. The van der Waals surface area contributed by atoms with Gasteiger partial charge in [0.2, 0.25) is 11.8 Å². The number of hydrogen-bond donors (Lipinski definition) is 3. The van der Waals surface area contributed by atoms with Crippen molar-refractivity contribution in [2.24, 2.45) is 17.3 Å². The molecule has 3 saturated carbocycles. The van der Waals surface area contributed by atoms with Crippen LogP contribution < -0.4 is 16.0 Å². The smallest absolute Gasteiger partial charge is 0.444 e. The number of rotatable bonds is 11. The number of carbonyl (C=O) groups excluding carboxylic acids is 3. The summed E-state index contributed by atoms with van der Waals surface area (Å²) in [5, 5.41) is 8.73. The van der Waals surface area contributed by atoms with Crippen molar-refractivity contribution in [3.8, 4) is 0 Å². The number of alkyl carbamates (subject to hydrolysis) is 1. The lowest BCUT2D eigenvalue weighted by Crippen LogP contribution is -2.65. The van der Waals surface area contributed by atoms with E-state index in [0.29, 0.717) is 44.1 Å². The standard InChI is InChI=1S/C31H48BN3O6/c1-20(36)34-23(15-11-12-16-33-28(38)39-29(2,3)4)27(37)35-26(17-21-13-9-8-10-14-21)32-40-25-19-22-18-24(30(22,5)6)31(25,7)41-32/h8-10,13-14,22-26H,11-12,15-19H2,1-7H3,(H,33,38)(H,34,36)(H,35,37)/t22-,23-,24-,25+,26?,31-/m0/s1. The summed E-state index contributed by atoms with van der Waals surface area (Å²) in [5.41, 5.74) is 0.337. The van der Waals surface area contributed by atoms with Crippen molar-refractivity contribution in [3.05, 3.63) is 35.9 Å². The summed E-state index contributed by atoms with van der Waals surface area (Å²) in [4.78, 5) is 37.5. The zero-order valence-corrected chi connectivity index (χ0v) is 25.8. The third-order valence-corrected chi connectivity index (χ3v) is 9.21. The number of unbranched alkanes of at least 4 members (excludes halogenated alkanes) is 1. The number of nitrogens with one attached hydrogen (secondary N) is 3. The summed E-state index contributed by atoms with van der Waals surface area (Å²) in [6, 6.07) is 9.29. The fourth-order valence-electron chi connectivity index (χ4n) is 6.93. The Bertz CT molecular complexity index is 1090. The molecule has 1 aromatic carbocycles. The molecule has 1 saturated heterocycles. The number of benzene rings is 1. The second kappa shape index (κ2) is 12.3. The molecule has 1 heterocycles. The molecule has 3 amide bonds. The molecule has 5 rings (SSSR count). The minimum absolute atomic E-state index is 0.00284. The highest BCUT2D eigenvalue weighted by molar-refractivity contribution is 6.48. The molecule has 4 aliphatic rings. The molecule has 3 aliphatic carbocycles. The minimum Gasteiger partial charge on any atom is -0.444 e. The van der Waals surface area contributed by atoms with E-state index in [0.717, 1.165) is 18.4 Å². The van der Waals surface area contributed by atoms with Gasteiger partial charge in [0.05, 0.1) is 17.6 Å². The van der Waals surface area contributed by atoms with Gasteiger partial charge in [-0.25, -0.2) is 4.79 Å². The van der Waals surface area contributed by atoms with Gasteiger partial charge < -0.3 is 30.0 Å². The summed E-state index contributed by atoms with van der Waals surface area (Å²) in [5.74, 6) is 0.0867. The van der Waals surface area contributed by atoms with Crippen LogP contribution in [-0.2, 0) is 30.1 Å². The van der Waals surface area contributed by atoms with E-state index < -0.39 is 30.8 Å². The molecule has 2 bridgehead atoms. The minimum atomic E-state index is -0.710. The van der Waals surface area contributed by atoms with Crippen LogP contribution in [0.4, 0.5) is 4.79 Å². The van der Waals surface area contributed by atoms with Crippen LogP contribution in [-0.4, -0.2) is 60.9 Å². The fraction of sp³-hybridized carbons (Fsp3) is 0.710. The quantitative estimate of drug-likeness (QED) is 0.272. The first-order chi connectivity index (χ1) is 19.2. The molecule has 0 radical (unpaired) electrons. The van der Waals surface area contributed by atoms with Gasteiger partial charge in [-0.15, -0.1) is 0 Å². The van der Waals surface area contributed by atoms with Crippen LogP contribution in [0, 0.1) is 17.3 Å². The largest absolute Gasteiger partial charge is 0.482 e. The summed E-state index contributed by atoms with van der Waals surface area (Å²) in [6.45, 7) is 14.1. The highest BCUT2D eigenvalue weighted by Crippen LogP contribution is 2.65. The van der Waals surface area contributed by atoms with E-state index in [4.69, 9.17) is 14.0 Å². The van der Waals surface area contributed by atoms with Gasteiger partial charge in [-0.05, 0) is 89.0 Å². The Labute approximate surface area is 245 Å². The molecule has 6 atom stereocenters. The van der Waals surface area contributed by atoms with E-state index in [2.05, 4.69) is 36.7 Å². The zero-order chi connectivity index (χ0) is 30.0. The Morgan fingerprint density at radius 2 is 1.78 bits per heavy atom. The summed E-state index contributed by atoms with van der Waals surface area (Å²) < 4.78 is 18.5. The lowest BCUT2D eigenvalue weighted by molar-refractivity contribution is -0.199. The SMILES string of the molecule is CC(=O)N[C@@H](CCCCNC(=O)OC(C)(C)C)C(=O)NC(Cc1ccccc1)B1O[C@@H]2C[C@@H]3C[C@@H](C3(C)C)[C@]2(C)O1. The van der Waals surface area contributed by atoms with Gasteiger partial charge in [0.1, 0.15) is 11.6 Å². The van der Waals surface area contributed by atoms with Crippen molar-refractivity contribution in [2.45, 2.75) is 116 Å². The van der Waals surface area contributed by atoms with Gasteiger partial charge in [-0.1, -0.05) is 44.2 Å². The van der Waals surface area contributed by atoms with Crippen LogP contribution in [0.3, 0.4) is 0 Å². The van der Waals surface area contributed by atoms with E-state index >= 15 is 0 Å². The summed E-state index contributed by atoms with van der Waals surface area (Å²) in [6.07, 6.45) is 3.91. The van der Waals surface area contributed by atoms with Crippen molar-refractivity contribution in [2.75, 3.05) is 6.54 Å². The lowest BCUT2D eigenvalue weighted by atomic mass is 9.43. The number of hydrogen-bond acceptors (Lipinski definition) is 6. The third-order valence-electron chi connectivity index (χ3n) is 9.21. The van der Waals surface area contributed by atoms with E-state index in [1.165, 1.54) is 6.92 Å². The van der Waals surface area contributed by atoms with Crippen LogP contribution in [0.1, 0.15) is 86.1 Å². The van der Waals surface area contributed by atoms with Crippen LogP contribution >= 0.6 is 0 Å².